The summed E-state index contributed by atoms with van der Waals surface area (Å²) in [7, 11) is -3.72. The maximum atomic E-state index is 12.3. The number of aromatic nitrogens is 2. The Labute approximate surface area is 119 Å². The van der Waals surface area contributed by atoms with Gasteiger partial charge in [-0.15, -0.1) is 0 Å². The number of halogens is 1. The molecule has 0 spiro atoms. The Morgan fingerprint density at radius 3 is 2.79 bits per heavy atom. The molecular formula is C11H12BrN3O3S. The van der Waals surface area contributed by atoms with E-state index in [1.165, 1.54) is 18.5 Å². The Kier molecular flexibility index (Phi) is 3.93. The Bertz CT molecular complexity index is 683. The van der Waals surface area contributed by atoms with Gasteiger partial charge in [0.1, 0.15) is 0 Å². The molecular weight excluding hydrogens is 334 g/mol. The van der Waals surface area contributed by atoms with Crippen LogP contribution in [0, 0.1) is 6.92 Å². The summed E-state index contributed by atoms with van der Waals surface area (Å²) in [5.41, 5.74) is 1.45. The number of benzene rings is 1. The normalized spacial score (nSPS) is 11.5. The van der Waals surface area contributed by atoms with Gasteiger partial charge in [0, 0.05) is 10.7 Å². The summed E-state index contributed by atoms with van der Waals surface area (Å²) in [6.07, 6.45) is 2.82. The second-order valence-corrected chi connectivity index (χ2v) is 6.46. The second-order valence-electron chi connectivity index (χ2n) is 3.95. The molecule has 1 aromatic carbocycles. The molecule has 0 unspecified atom stereocenters. The third-order valence-electron chi connectivity index (χ3n) is 2.58. The van der Waals surface area contributed by atoms with Crippen LogP contribution in [-0.4, -0.2) is 23.7 Å². The molecule has 6 nitrogen and oxygen atoms in total. The summed E-state index contributed by atoms with van der Waals surface area (Å²) < 4.78 is 27.6. The van der Waals surface area contributed by atoms with Crippen molar-refractivity contribution in [3.05, 3.63) is 40.1 Å². The number of rotatable bonds is 4. The fraction of sp³-hybridized carbons (Fsp3) is 0.182. The van der Waals surface area contributed by atoms with E-state index in [-0.39, 0.29) is 11.5 Å². The van der Waals surface area contributed by atoms with Crippen molar-refractivity contribution in [2.45, 2.75) is 18.4 Å². The van der Waals surface area contributed by atoms with E-state index < -0.39 is 10.0 Å². The summed E-state index contributed by atoms with van der Waals surface area (Å²) in [5, 5.41) is 15.3. The third kappa shape index (κ3) is 2.96. The summed E-state index contributed by atoms with van der Waals surface area (Å²) in [6, 6.07) is 3.13. The molecule has 0 aliphatic heterocycles. The van der Waals surface area contributed by atoms with Gasteiger partial charge < -0.3 is 5.11 Å². The highest BCUT2D eigenvalue weighted by Crippen LogP contribution is 2.27. The van der Waals surface area contributed by atoms with Crippen LogP contribution in [0.5, 0.6) is 0 Å². The SMILES string of the molecule is Cc1c(Br)cc(CO)cc1S(=O)(=O)Nc1cn[nH]c1. The van der Waals surface area contributed by atoms with Crippen molar-refractivity contribution in [2.75, 3.05) is 4.72 Å². The number of nitrogens with zero attached hydrogens (tertiary/aromatic N) is 1. The Hall–Kier alpha value is -1.38. The molecule has 0 radical (unpaired) electrons. The van der Waals surface area contributed by atoms with Crippen molar-refractivity contribution in [1.82, 2.24) is 10.2 Å². The van der Waals surface area contributed by atoms with Crippen LogP contribution in [-0.2, 0) is 16.6 Å². The van der Waals surface area contributed by atoms with Gasteiger partial charge in [0.25, 0.3) is 10.0 Å². The lowest BCUT2D eigenvalue weighted by molar-refractivity contribution is 0.281. The molecule has 0 saturated carbocycles. The van der Waals surface area contributed by atoms with E-state index in [4.69, 9.17) is 5.11 Å². The van der Waals surface area contributed by atoms with E-state index >= 15 is 0 Å². The van der Waals surface area contributed by atoms with Crippen LogP contribution in [0.15, 0.2) is 33.9 Å². The largest absolute Gasteiger partial charge is 0.392 e. The van der Waals surface area contributed by atoms with E-state index in [0.717, 1.165) is 0 Å². The molecule has 1 heterocycles. The van der Waals surface area contributed by atoms with Gasteiger partial charge in [0.15, 0.2) is 0 Å². The number of hydrogen-bond donors (Lipinski definition) is 3. The van der Waals surface area contributed by atoms with E-state index in [1.54, 1.807) is 13.0 Å². The number of aliphatic hydroxyl groups is 1. The first kappa shape index (κ1) is 14.0. The standard InChI is InChI=1S/C11H12BrN3O3S/c1-7-10(12)2-8(6-16)3-11(7)19(17,18)15-9-4-13-14-5-9/h2-5,15-16H,6H2,1H3,(H,13,14). The predicted molar refractivity (Wildman–Crippen MR) is 74.2 cm³/mol. The average molecular weight is 346 g/mol. The Morgan fingerprint density at radius 1 is 1.47 bits per heavy atom. The van der Waals surface area contributed by atoms with Crippen LogP contribution in [0.2, 0.25) is 0 Å². The van der Waals surface area contributed by atoms with Gasteiger partial charge in [0.05, 0.1) is 23.4 Å². The van der Waals surface area contributed by atoms with Crippen LogP contribution in [0.3, 0.4) is 0 Å². The van der Waals surface area contributed by atoms with Crippen molar-refractivity contribution >= 4 is 31.6 Å². The molecule has 0 saturated heterocycles. The van der Waals surface area contributed by atoms with E-state index in [1.807, 2.05) is 0 Å². The van der Waals surface area contributed by atoms with Crippen molar-refractivity contribution in [3.63, 3.8) is 0 Å². The van der Waals surface area contributed by atoms with Gasteiger partial charge in [-0.25, -0.2) is 8.42 Å². The number of H-pyrrole nitrogens is 1. The van der Waals surface area contributed by atoms with Gasteiger partial charge >= 0.3 is 0 Å². The lowest BCUT2D eigenvalue weighted by Gasteiger charge is -2.11. The first-order valence-corrected chi connectivity index (χ1v) is 7.63. The van der Waals surface area contributed by atoms with Crippen LogP contribution in [0.25, 0.3) is 0 Å². The first-order chi connectivity index (χ1) is 8.94. The zero-order valence-electron chi connectivity index (χ0n) is 10.0. The highest BCUT2D eigenvalue weighted by Gasteiger charge is 2.19. The number of hydrogen-bond acceptors (Lipinski definition) is 4. The lowest BCUT2D eigenvalue weighted by atomic mass is 10.2. The fourth-order valence-corrected chi connectivity index (χ4v) is 3.58. The first-order valence-electron chi connectivity index (χ1n) is 5.35. The molecule has 19 heavy (non-hydrogen) atoms. The molecule has 2 aromatic rings. The van der Waals surface area contributed by atoms with Crippen molar-refractivity contribution in [1.29, 1.82) is 0 Å². The molecule has 0 amide bonds. The Morgan fingerprint density at radius 2 is 2.21 bits per heavy atom. The zero-order valence-corrected chi connectivity index (χ0v) is 12.4. The topological polar surface area (TPSA) is 95.1 Å². The lowest BCUT2D eigenvalue weighted by Crippen LogP contribution is -2.14. The van der Waals surface area contributed by atoms with Crippen LogP contribution < -0.4 is 4.72 Å². The second kappa shape index (κ2) is 5.32. The monoisotopic (exact) mass is 345 g/mol. The summed E-state index contributed by atoms with van der Waals surface area (Å²) >= 11 is 3.29. The van der Waals surface area contributed by atoms with Crippen LogP contribution >= 0.6 is 15.9 Å². The molecule has 1 aromatic heterocycles. The summed E-state index contributed by atoms with van der Waals surface area (Å²) in [4.78, 5) is 0.118. The molecule has 0 aliphatic carbocycles. The number of aliphatic hydroxyl groups excluding tert-OH is 1. The maximum absolute atomic E-state index is 12.3. The van der Waals surface area contributed by atoms with Crippen LogP contribution in [0.4, 0.5) is 5.69 Å². The number of anilines is 1. The highest BCUT2D eigenvalue weighted by molar-refractivity contribution is 9.10. The predicted octanol–water partition coefficient (Wildman–Crippen LogP) is 1.77. The molecule has 0 fully saturated rings. The molecule has 0 atom stereocenters. The van der Waals surface area contributed by atoms with Gasteiger partial charge in [-0.05, 0) is 30.2 Å². The highest BCUT2D eigenvalue weighted by atomic mass is 79.9. The van der Waals surface area contributed by atoms with Gasteiger partial charge in [0.2, 0.25) is 0 Å². The minimum atomic E-state index is -3.72. The summed E-state index contributed by atoms with van der Waals surface area (Å²) in [5.74, 6) is 0. The molecule has 2 rings (SSSR count). The zero-order chi connectivity index (χ0) is 14.0. The quantitative estimate of drug-likeness (QED) is 0.786. The number of aromatic amines is 1. The number of nitrogens with one attached hydrogen (secondary N) is 2. The van der Waals surface area contributed by atoms with Gasteiger partial charge in [-0.2, -0.15) is 5.10 Å². The van der Waals surface area contributed by atoms with Crippen molar-refractivity contribution in [3.8, 4) is 0 Å². The average Bonchev–Trinajstić information content (AvgIpc) is 2.84. The molecule has 0 bridgehead atoms. The molecule has 8 heteroatoms. The van der Waals surface area contributed by atoms with Crippen molar-refractivity contribution < 1.29 is 13.5 Å². The minimum Gasteiger partial charge on any atom is -0.392 e. The van der Waals surface area contributed by atoms with Crippen LogP contribution in [0.1, 0.15) is 11.1 Å². The minimum absolute atomic E-state index is 0.118. The van der Waals surface area contributed by atoms with Gasteiger partial charge in [-0.1, -0.05) is 15.9 Å². The molecule has 102 valence electrons. The number of sulfonamides is 1. The van der Waals surface area contributed by atoms with Crippen molar-refractivity contribution in [2.24, 2.45) is 0 Å². The summed E-state index contributed by atoms with van der Waals surface area (Å²) in [6.45, 7) is 1.46. The van der Waals surface area contributed by atoms with E-state index in [2.05, 4.69) is 30.8 Å². The third-order valence-corrected chi connectivity index (χ3v) is 4.91. The molecule has 0 aliphatic rings. The van der Waals surface area contributed by atoms with E-state index in [0.29, 0.717) is 21.3 Å². The molecule has 3 N–H and O–H groups in total. The Balaban J connectivity index is 2.48. The maximum Gasteiger partial charge on any atom is 0.262 e. The van der Waals surface area contributed by atoms with E-state index in [9.17, 15) is 8.42 Å². The smallest absolute Gasteiger partial charge is 0.262 e. The fourth-order valence-electron chi connectivity index (χ4n) is 1.59. The van der Waals surface area contributed by atoms with Gasteiger partial charge in [-0.3, -0.25) is 9.82 Å².